The second-order valence-corrected chi connectivity index (χ2v) is 8.19. The summed E-state index contributed by atoms with van der Waals surface area (Å²) in [7, 11) is 0. The van der Waals surface area contributed by atoms with E-state index in [-0.39, 0.29) is 6.10 Å². The molecule has 1 atom stereocenters. The van der Waals surface area contributed by atoms with Crippen LogP contribution in [0, 0.1) is 5.92 Å². The zero-order chi connectivity index (χ0) is 19.3. The van der Waals surface area contributed by atoms with Crippen molar-refractivity contribution in [2.45, 2.75) is 51.4 Å². The van der Waals surface area contributed by atoms with Crippen LogP contribution in [0.3, 0.4) is 0 Å². The maximum absolute atomic E-state index is 6.16. The third-order valence-electron chi connectivity index (χ3n) is 4.65. The van der Waals surface area contributed by atoms with Crippen LogP contribution in [0.4, 0.5) is 0 Å². The van der Waals surface area contributed by atoms with Gasteiger partial charge in [-0.3, -0.25) is 0 Å². The molecule has 1 aromatic rings. The summed E-state index contributed by atoms with van der Waals surface area (Å²) in [6.45, 7) is 9.54. The van der Waals surface area contributed by atoms with Gasteiger partial charge in [-0.1, -0.05) is 45.3 Å². The summed E-state index contributed by atoms with van der Waals surface area (Å²) in [4.78, 5) is 4.97. The predicted octanol–water partition coefficient (Wildman–Crippen LogP) is 4.49. The van der Waals surface area contributed by atoms with Crippen molar-refractivity contribution in [2.75, 3.05) is 19.0 Å². The summed E-state index contributed by atoms with van der Waals surface area (Å²) in [5.41, 5.74) is 6.09. The molecular formula is C21H33N3O2S. The fraction of sp³-hybridized carbons (Fsp3) is 0.571. The molecule has 1 aliphatic rings. The predicted molar refractivity (Wildman–Crippen MR) is 113 cm³/mol. The first kappa shape index (κ1) is 21.8. The first-order chi connectivity index (χ1) is 13.1. The molecule has 0 saturated heterocycles. The van der Waals surface area contributed by atoms with E-state index < -0.39 is 0 Å². The van der Waals surface area contributed by atoms with Crippen molar-refractivity contribution in [3.8, 4) is 0 Å². The highest BCUT2D eigenvalue weighted by Gasteiger charge is 2.15. The van der Waals surface area contributed by atoms with E-state index >= 15 is 0 Å². The van der Waals surface area contributed by atoms with E-state index in [1.807, 2.05) is 16.8 Å². The van der Waals surface area contributed by atoms with Gasteiger partial charge in [-0.2, -0.15) is 0 Å². The highest BCUT2D eigenvalue weighted by molar-refractivity contribution is 8.03. The Labute approximate surface area is 167 Å². The topological polar surface area (TPSA) is 62.3 Å². The Morgan fingerprint density at radius 2 is 2.11 bits per heavy atom. The molecule has 1 fully saturated rings. The van der Waals surface area contributed by atoms with Gasteiger partial charge in [-0.25, -0.2) is 4.98 Å². The van der Waals surface area contributed by atoms with Crippen molar-refractivity contribution < 1.29 is 9.47 Å². The fourth-order valence-electron chi connectivity index (χ4n) is 3.12. The summed E-state index contributed by atoms with van der Waals surface area (Å²) in [6.07, 6.45) is 17.1. The van der Waals surface area contributed by atoms with Crippen LogP contribution >= 0.6 is 11.8 Å². The van der Waals surface area contributed by atoms with E-state index in [4.69, 9.17) is 15.2 Å². The molecule has 1 heterocycles. The zero-order valence-electron chi connectivity index (χ0n) is 16.2. The number of imidazole rings is 1. The standard InChI is InChI=1S/C21H33N3O2S/c1-18(22)8-9-19(2)27-15-21(14-25-17-24-12-11-23-16-24)26-13-10-20-6-4-3-5-7-20/h8-9,11-12,16,20-21H,1-7,10,13-15,17,22H2/b9-8-/t21-/m0/s1. The Bertz CT molecular complexity index is 580. The number of hydrogen-bond acceptors (Lipinski definition) is 5. The number of hydrogen-bond donors (Lipinski definition) is 1. The van der Waals surface area contributed by atoms with Crippen molar-refractivity contribution >= 4 is 11.8 Å². The number of nitrogens with two attached hydrogens (primary N) is 1. The van der Waals surface area contributed by atoms with Crippen LogP contribution in [0.25, 0.3) is 0 Å². The SMILES string of the molecule is C=C(N)/C=C\C(=C)SC[C@H](COCn1ccnc1)OCCC1CCCCC1. The number of rotatable bonds is 13. The Kier molecular flexibility index (Phi) is 10.3. The van der Waals surface area contributed by atoms with Gasteiger partial charge in [0.2, 0.25) is 0 Å². The van der Waals surface area contributed by atoms with Gasteiger partial charge in [-0.15, -0.1) is 11.8 Å². The minimum absolute atomic E-state index is 0.0355. The Hall–Kier alpha value is -1.50. The molecule has 0 aliphatic heterocycles. The number of allylic oxidation sites excluding steroid dienone is 2. The van der Waals surface area contributed by atoms with Crippen molar-refractivity contribution in [2.24, 2.45) is 11.7 Å². The maximum atomic E-state index is 6.16. The largest absolute Gasteiger partial charge is 0.399 e. The van der Waals surface area contributed by atoms with Gasteiger partial charge in [0.1, 0.15) is 6.73 Å². The summed E-state index contributed by atoms with van der Waals surface area (Å²) in [5.74, 6) is 1.63. The van der Waals surface area contributed by atoms with E-state index in [1.165, 1.54) is 32.1 Å². The molecule has 2 N–H and O–H groups in total. The molecule has 0 amide bonds. The third-order valence-corrected chi connectivity index (χ3v) is 5.69. The fourth-order valence-corrected chi connectivity index (χ4v) is 3.88. The van der Waals surface area contributed by atoms with Gasteiger partial charge in [0.25, 0.3) is 0 Å². The van der Waals surface area contributed by atoms with Gasteiger partial charge in [0.05, 0.1) is 19.0 Å². The Balaban J connectivity index is 1.73. The number of aromatic nitrogens is 2. The minimum atomic E-state index is 0.0355. The smallest absolute Gasteiger partial charge is 0.123 e. The average molecular weight is 392 g/mol. The van der Waals surface area contributed by atoms with Crippen molar-refractivity contribution in [1.29, 1.82) is 0 Å². The quantitative estimate of drug-likeness (QED) is 0.502. The normalized spacial score (nSPS) is 16.6. The second-order valence-electron chi connectivity index (χ2n) is 7.05. The van der Waals surface area contributed by atoms with Crippen LogP contribution < -0.4 is 5.73 Å². The lowest BCUT2D eigenvalue weighted by Crippen LogP contribution is -2.25. The number of ether oxygens (including phenoxy) is 2. The van der Waals surface area contributed by atoms with Crippen LogP contribution in [0.15, 0.2) is 54.6 Å². The maximum Gasteiger partial charge on any atom is 0.123 e. The third kappa shape index (κ3) is 9.84. The molecule has 150 valence electrons. The van der Waals surface area contributed by atoms with Crippen LogP contribution in [-0.4, -0.2) is 34.6 Å². The van der Waals surface area contributed by atoms with E-state index in [9.17, 15) is 0 Å². The van der Waals surface area contributed by atoms with Gasteiger partial charge >= 0.3 is 0 Å². The molecule has 0 bridgehead atoms. The molecule has 0 spiro atoms. The summed E-state index contributed by atoms with van der Waals surface area (Å²) in [6, 6.07) is 0. The van der Waals surface area contributed by atoms with Crippen LogP contribution in [-0.2, 0) is 16.2 Å². The molecule has 27 heavy (non-hydrogen) atoms. The lowest BCUT2D eigenvalue weighted by Gasteiger charge is -2.23. The minimum Gasteiger partial charge on any atom is -0.399 e. The number of thioether (sulfide) groups is 1. The van der Waals surface area contributed by atoms with Gasteiger partial charge in [0, 0.05) is 35.4 Å². The van der Waals surface area contributed by atoms with E-state index in [2.05, 4.69) is 18.1 Å². The Morgan fingerprint density at radius 1 is 1.30 bits per heavy atom. The van der Waals surface area contributed by atoms with Crippen LogP contribution in [0.1, 0.15) is 38.5 Å². The highest BCUT2D eigenvalue weighted by Crippen LogP contribution is 2.26. The second kappa shape index (κ2) is 12.8. The molecule has 1 aliphatic carbocycles. The molecule has 0 aromatic carbocycles. The van der Waals surface area contributed by atoms with Crippen molar-refractivity contribution in [3.63, 3.8) is 0 Å². The average Bonchev–Trinajstić information content (AvgIpc) is 3.18. The molecule has 6 heteroatoms. The zero-order valence-corrected chi connectivity index (χ0v) is 17.0. The van der Waals surface area contributed by atoms with E-state index in [0.29, 0.717) is 19.0 Å². The van der Waals surface area contributed by atoms with E-state index in [1.54, 1.807) is 30.4 Å². The van der Waals surface area contributed by atoms with Gasteiger partial charge in [0.15, 0.2) is 0 Å². The summed E-state index contributed by atoms with van der Waals surface area (Å²) >= 11 is 1.66. The van der Waals surface area contributed by atoms with Gasteiger partial charge < -0.3 is 19.8 Å². The van der Waals surface area contributed by atoms with Crippen LogP contribution in [0.5, 0.6) is 0 Å². The lowest BCUT2D eigenvalue weighted by molar-refractivity contribution is -0.0285. The van der Waals surface area contributed by atoms with Gasteiger partial charge in [-0.05, 0) is 24.5 Å². The molecule has 1 aromatic heterocycles. The molecule has 2 rings (SSSR count). The highest BCUT2D eigenvalue weighted by atomic mass is 32.2. The first-order valence-electron chi connectivity index (χ1n) is 9.72. The molecule has 0 unspecified atom stereocenters. The Morgan fingerprint density at radius 3 is 2.81 bits per heavy atom. The molecule has 5 nitrogen and oxygen atoms in total. The molecule has 0 radical (unpaired) electrons. The molecular weight excluding hydrogens is 358 g/mol. The molecule has 1 saturated carbocycles. The summed E-state index contributed by atoms with van der Waals surface area (Å²) < 4.78 is 13.9. The summed E-state index contributed by atoms with van der Waals surface area (Å²) in [5, 5.41) is 0. The lowest BCUT2D eigenvalue weighted by atomic mass is 9.87. The van der Waals surface area contributed by atoms with Crippen LogP contribution in [0.2, 0.25) is 0 Å². The number of nitrogens with zero attached hydrogens (tertiary/aromatic N) is 2. The first-order valence-corrected chi connectivity index (χ1v) is 10.7. The van der Waals surface area contributed by atoms with Crippen molar-refractivity contribution in [1.82, 2.24) is 9.55 Å². The van der Waals surface area contributed by atoms with E-state index in [0.717, 1.165) is 29.6 Å². The monoisotopic (exact) mass is 391 g/mol. The van der Waals surface area contributed by atoms with Crippen molar-refractivity contribution in [3.05, 3.63) is 54.6 Å².